The topological polar surface area (TPSA) is 114 Å². The summed E-state index contributed by atoms with van der Waals surface area (Å²) in [6, 6.07) is 9.52. The maximum Gasteiger partial charge on any atom is 0.165 e. The van der Waals surface area contributed by atoms with E-state index >= 15 is 0 Å². The van der Waals surface area contributed by atoms with Crippen molar-refractivity contribution in [2.24, 2.45) is 11.3 Å². The highest BCUT2D eigenvalue weighted by Gasteiger charge is 2.75. The van der Waals surface area contributed by atoms with Crippen LogP contribution in [0.15, 0.2) is 42.9 Å². The number of aromatic nitrogens is 4. The molecule has 3 fully saturated rings. The first-order valence-electron chi connectivity index (χ1n) is 12.0. The third-order valence-corrected chi connectivity index (χ3v) is 8.23. The van der Waals surface area contributed by atoms with E-state index in [0.29, 0.717) is 17.3 Å². The van der Waals surface area contributed by atoms with Crippen LogP contribution in [0, 0.1) is 17.2 Å². The summed E-state index contributed by atoms with van der Waals surface area (Å²) in [5.74, 6) is -0.291. The van der Waals surface area contributed by atoms with Crippen molar-refractivity contribution in [2.45, 2.75) is 57.1 Å². The van der Waals surface area contributed by atoms with Crippen LogP contribution in [-0.2, 0) is 15.9 Å². The third kappa shape index (κ3) is 3.01. The molecule has 8 nitrogen and oxygen atoms in total. The Hall–Kier alpha value is -3.30. The van der Waals surface area contributed by atoms with E-state index in [2.05, 4.69) is 25.7 Å². The molecule has 2 saturated carbocycles. The number of aryl methyl sites for hydroxylation is 1. The number of nitrogen functional groups attached to an aromatic ring is 2. The molecule has 4 N–H and O–H groups in total. The maximum atomic E-state index is 13.8. The minimum Gasteiger partial charge on any atom is -0.383 e. The van der Waals surface area contributed by atoms with Crippen molar-refractivity contribution >= 4 is 33.6 Å². The molecular weight excluding hydrogens is 447 g/mol. The molecule has 3 aliphatic rings. The van der Waals surface area contributed by atoms with Gasteiger partial charge in [0.05, 0.1) is 23.0 Å². The number of anilines is 2. The van der Waals surface area contributed by atoms with Crippen LogP contribution < -0.4 is 11.5 Å². The lowest BCUT2D eigenvalue weighted by Crippen LogP contribution is -2.32. The third-order valence-electron chi connectivity index (χ3n) is 8.23. The zero-order valence-electron chi connectivity index (χ0n) is 19.6. The zero-order valence-corrected chi connectivity index (χ0v) is 19.6. The first kappa shape index (κ1) is 21.0. The number of hydrogen-bond donors (Lipinski definition) is 2. The van der Waals surface area contributed by atoms with Crippen LogP contribution in [-0.4, -0.2) is 37.5 Å². The molecule has 0 bridgehead atoms. The molecule has 0 amide bonds. The molecular formula is C26H27FN6O2. The van der Waals surface area contributed by atoms with Gasteiger partial charge in [0, 0.05) is 17.0 Å². The van der Waals surface area contributed by atoms with Crippen LogP contribution in [0.5, 0.6) is 0 Å². The predicted octanol–water partition coefficient (Wildman–Crippen LogP) is 4.00. The number of halogens is 1. The van der Waals surface area contributed by atoms with E-state index in [1.807, 2.05) is 38.1 Å². The van der Waals surface area contributed by atoms with Crippen molar-refractivity contribution in [3.05, 3.63) is 54.2 Å². The fourth-order valence-corrected chi connectivity index (χ4v) is 6.60. The lowest BCUT2D eigenvalue weighted by atomic mass is 9.91. The lowest BCUT2D eigenvalue weighted by molar-refractivity contribution is -0.161. The molecule has 3 aromatic heterocycles. The molecule has 180 valence electrons. The normalized spacial score (nSPS) is 30.6. The summed E-state index contributed by atoms with van der Waals surface area (Å²) < 4.78 is 29.0. The number of ether oxygens (including phenoxy) is 2. The van der Waals surface area contributed by atoms with Gasteiger partial charge < -0.3 is 25.5 Å². The number of hydrogen-bond acceptors (Lipinski definition) is 7. The highest BCUT2D eigenvalue weighted by Crippen LogP contribution is 2.73. The summed E-state index contributed by atoms with van der Waals surface area (Å²) >= 11 is 0. The van der Waals surface area contributed by atoms with Crippen molar-refractivity contribution in [2.75, 3.05) is 11.5 Å². The average molecular weight is 475 g/mol. The van der Waals surface area contributed by atoms with Crippen molar-refractivity contribution in [1.82, 2.24) is 19.5 Å². The number of nitrogens with two attached hydrogens (primary N) is 2. The quantitative estimate of drug-likeness (QED) is 0.460. The SMILES string of the molecule is CC1(C)O[C@H]2[C@H](n3ccc4c(N)ncnc43)[C@H]3C[C@@]3(CCc3ccc4cc(F)c(N)nc4c3)[C@H]2O1. The summed E-state index contributed by atoms with van der Waals surface area (Å²) in [7, 11) is 0. The molecule has 0 radical (unpaired) electrons. The molecule has 1 aromatic carbocycles. The van der Waals surface area contributed by atoms with Crippen LogP contribution in [0.25, 0.3) is 21.9 Å². The summed E-state index contributed by atoms with van der Waals surface area (Å²) in [4.78, 5) is 12.9. The maximum absolute atomic E-state index is 13.8. The van der Waals surface area contributed by atoms with Gasteiger partial charge in [-0.2, -0.15) is 0 Å². The molecule has 7 rings (SSSR count). The number of nitrogens with zero attached hydrogens (tertiary/aromatic N) is 4. The molecule has 4 aromatic rings. The van der Waals surface area contributed by atoms with Gasteiger partial charge in [0.2, 0.25) is 0 Å². The Balaban J connectivity index is 1.21. The molecule has 35 heavy (non-hydrogen) atoms. The molecule has 5 atom stereocenters. The monoisotopic (exact) mass is 474 g/mol. The van der Waals surface area contributed by atoms with Crippen molar-refractivity contribution in [3.8, 4) is 0 Å². The van der Waals surface area contributed by atoms with E-state index in [1.165, 1.54) is 12.4 Å². The first-order chi connectivity index (χ1) is 16.8. The lowest BCUT2D eigenvalue weighted by Gasteiger charge is -2.24. The number of pyridine rings is 1. The van der Waals surface area contributed by atoms with Gasteiger partial charge in [0.15, 0.2) is 17.4 Å². The van der Waals surface area contributed by atoms with E-state index in [1.54, 1.807) is 0 Å². The van der Waals surface area contributed by atoms with Gasteiger partial charge in [-0.05, 0) is 62.8 Å². The second-order valence-corrected chi connectivity index (χ2v) is 10.7. The van der Waals surface area contributed by atoms with Crippen LogP contribution in [0.4, 0.5) is 16.0 Å². The molecule has 1 aliphatic heterocycles. The average Bonchev–Trinajstić information content (AvgIpc) is 3.07. The Morgan fingerprint density at radius 2 is 1.97 bits per heavy atom. The molecule has 0 unspecified atom stereocenters. The zero-order chi connectivity index (χ0) is 24.1. The second-order valence-electron chi connectivity index (χ2n) is 10.7. The molecule has 0 spiro atoms. The Kier molecular flexibility index (Phi) is 4.14. The van der Waals surface area contributed by atoms with Gasteiger partial charge >= 0.3 is 0 Å². The van der Waals surface area contributed by atoms with Crippen molar-refractivity contribution in [3.63, 3.8) is 0 Å². The van der Waals surface area contributed by atoms with E-state index in [0.717, 1.165) is 41.2 Å². The Bertz CT molecular complexity index is 1500. The van der Waals surface area contributed by atoms with E-state index in [4.69, 9.17) is 20.9 Å². The van der Waals surface area contributed by atoms with Gasteiger partial charge in [-0.1, -0.05) is 12.1 Å². The van der Waals surface area contributed by atoms with E-state index in [-0.39, 0.29) is 29.5 Å². The van der Waals surface area contributed by atoms with E-state index < -0.39 is 11.6 Å². The highest BCUT2D eigenvalue weighted by molar-refractivity contribution is 5.86. The first-order valence-corrected chi connectivity index (χ1v) is 12.0. The van der Waals surface area contributed by atoms with Gasteiger partial charge in [0.25, 0.3) is 0 Å². The molecule has 9 heteroatoms. The highest BCUT2D eigenvalue weighted by atomic mass is 19.1. The molecule has 2 aliphatic carbocycles. The van der Waals surface area contributed by atoms with Crippen LogP contribution in [0.1, 0.15) is 38.3 Å². The predicted molar refractivity (Wildman–Crippen MR) is 130 cm³/mol. The molecule has 4 heterocycles. The summed E-state index contributed by atoms with van der Waals surface area (Å²) in [6.07, 6.45) is 6.42. The Morgan fingerprint density at radius 1 is 1.11 bits per heavy atom. The number of rotatable bonds is 4. The van der Waals surface area contributed by atoms with Gasteiger partial charge in [0.1, 0.15) is 23.9 Å². The number of fused-ring (bicyclic) bond motifs is 5. The second kappa shape index (κ2) is 6.89. The minimum absolute atomic E-state index is 0.00690. The van der Waals surface area contributed by atoms with Crippen LogP contribution >= 0.6 is 0 Å². The largest absolute Gasteiger partial charge is 0.383 e. The Morgan fingerprint density at radius 3 is 2.83 bits per heavy atom. The van der Waals surface area contributed by atoms with Crippen LogP contribution in [0.3, 0.4) is 0 Å². The van der Waals surface area contributed by atoms with Gasteiger partial charge in [-0.25, -0.2) is 19.3 Å². The fraction of sp³-hybridized carbons (Fsp3) is 0.423. The van der Waals surface area contributed by atoms with Gasteiger partial charge in [-0.3, -0.25) is 0 Å². The standard InChI is InChI=1S/C26H27FN6O2/c1-25(2)34-20-19(33-8-6-15-22(28)30-12-31-24(15)33)16-11-26(16,21(20)35-25)7-5-13-3-4-14-10-17(27)23(29)32-18(14)9-13/h3-4,6,8-10,12,16,19-21H,5,7,11H2,1-2H3,(H2,29,32)(H2,28,30,31)/t16-,19-,20+,21+,26-/m1/s1. The molecule has 1 saturated heterocycles. The number of benzene rings is 1. The summed E-state index contributed by atoms with van der Waals surface area (Å²) in [5, 5.41) is 1.61. The minimum atomic E-state index is -0.639. The van der Waals surface area contributed by atoms with Crippen LogP contribution in [0.2, 0.25) is 0 Å². The van der Waals surface area contributed by atoms with Crippen molar-refractivity contribution < 1.29 is 13.9 Å². The summed E-state index contributed by atoms with van der Waals surface area (Å²) in [6.45, 7) is 3.97. The Labute approximate surface area is 201 Å². The van der Waals surface area contributed by atoms with E-state index in [9.17, 15) is 4.39 Å². The van der Waals surface area contributed by atoms with Gasteiger partial charge in [-0.15, -0.1) is 0 Å². The summed E-state index contributed by atoms with van der Waals surface area (Å²) in [5.41, 5.74) is 14.5. The smallest absolute Gasteiger partial charge is 0.165 e. The fourth-order valence-electron chi connectivity index (χ4n) is 6.60. The van der Waals surface area contributed by atoms with Crippen molar-refractivity contribution in [1.29, 1.82) is 0 Å².